The van der Waals surface area contributed by atoms with Gasteiger partial charge in [-0.05, 0) is 56.8 Å². The summed E-state index contributed by atoms with van der Waals surface area (Å²) in [5, 5.41) is 10.4. The van der Waals surface area contributed by atoms with E-state index < -0.39 is 5.60 Å². The summed E-state index contributed by atoms with van der Waals surface area (Å²) < 4.78 is 16.2. The molecule has 1 aliphatic heterocycles. The molecule has 7 unspecified atom stereocenters. The Morgan fingerprint density at radius 2 is 1.69 bits per heavy atom. The number of rotatable bonds is 4. The van der Waals surface area contributed by atoms with Gasteiger partial charge in [0, 0.05) is 36.3 Å². The van der Waals surface area contributed by atoms with Crippen LogP contribution in [-0.4, -0.2) is 46.4 Å². The molecular formula is C25H32O7. The molecule has 7 nitrogen and oxygen atoms in total. The van der Waals surface area contributed by atoms with Gasteiger partial charge in [-0.15, -0.1) is 0 Å². The van der Waals surface area contributed by atoms with E-state index >= 15 is 0 Å². The van der Waals surface area contributed by atoms with Crippen molar-refractivity contribution in [2.45, 2.75) is 81.2 Å². The second-order valence-electron chi connectivity index (χ2n) is 10.9. The topological polar surface area (TPSA) is 99.1 Å². The Morgan fingerprint density at radius 3 is 2.31 bits per heavy atom. The predicted molar refractivity (Wildman–Crippen MR) is 113 cm³/mol. The average molecular weight is 445 g/mol. The minimum atomic E-state index is -0.564. The normalized spacial score (nSPS) is 46.5. The molecule has 1 heterocycles. The van der Waals surface area contributed by atoms with Crippen molar-refractivity contribution in [2.75, 3.05) is 0 Å². The molecule has 0 aromatic rings. The highest BCUT2D eigenvalue weighted by molar-refractivity contribution is 5.82. The number of hydrogen-bond acceptors (Lipinski definition) is 7. The zero-order valence-electron chi connectivity index (χ0n) is 18.4. The first-order chi connectivity index (χ1) is 15.2. The van der Waals surface area contributed by atoms with Gasteiger partial charge in [-0.3, -0.25) is 4.79 Å². The van der Waals surface area contributed by atoms with Gasteiger partial charge in [0.15, 0.2) is 0 Å². The summed E-state index contributed by atoms with van der Waals surface area (Å²) in [4.78, 5) is 33.8. The fourth-order valence-corrected chi connectivity index (χ4v) is 8.06. The van der Waals surface area contributed by atoms with E-state index in [1.807, 2.05) is 0 Å². The van der Waals surface area contributed by atoms with Gasteiger partial charge in [-0.2, -0.15) is 0 Å². The monoisotopic (exact) mass is 444 g/mol. The van der Waals surface area contributed by atoms with Crippen LogP contribution >= 0.6 is 0 Å². The smallest absolute Gasteiger partial charge is 0.330 e. The van der Waals surface area contributed by atoms with Gasteiger partial charge in [0.1, 0.15) is 17.8 Å². The summed E-state index contributed by atoms with van der Waals surface area (Å²) in [6.45, 7) is 6.83. The van der Waals surface area contributed by atoms with Crippen molar-refractivity contribution in [1.82, 2.24) is 0 Å². The van der Waals surface area contributed by atoms with Crippen LogP contribution in [0.2, 0.25) is 0 Å². The number of hydrogen-bond donors (Lipinski definition) is 1. The number of carbonyl (C=O) groups excluding carboxylic acids is 3. The lowest BCUT2D eigenvalue weighted by atomic mass is 9.52. The maximum Gasteiger partial charge on any atom is 0.330 e. The molecule has 7 atom stereocenters. The molecule has 0 aromatic heterocycles. The molecule has 6 saturated carbocycles. The Bertz CT molecular complexity index is 833. The van der Waals surface area contributed by atoms with Crippen molar-refractivity contribution in [3.8, 4) is 0 Å². The van der Waals surface area contributed by atoms with Crippen LogP contribution in [0.5, 0.6) is 0 Å². The van der Waals surface area contributed by atoms with E-state index in [1.54, 1.807) is 0 Å². The largest absolute Gasteiger partial charge is 0.462 e. The molecule has 1 saturated heterocycles. The maximum absolute atomic E-state index is 11.4. The molecule has 0 radical (unpaired) electrons. The zero-order valence-corrected chi connectivity index (χ0v) is 18.4. The number of esters is 3. The average Bonchev–Trinajstić information content (AvgIpc) is 3.37. The summed E-state index contributed by atoms with van der Waals surface area (Å²) in [7, 11) is 0. The Labute approximate surface area is 188 Å². The lowest BCUT2D eigenvalue weighted by Crippen LogP contribution is -2.60. The van der Waals surface area contributed by atoms with E-state index in [-0.39, 0.29) is 41.6 Å². The first kappa shape index (κ1) is 21.7. The highest BCUT2D eigenvalue weighted by atomic mass is 16.6. The molecule has 0 amide bonds. The molecule has 0 spiro atoms. The van der Waals surface area contributed by atoms with Crippen LogP contribution in [0, 0.1) is 29.6 Å². The Hall–Kier alpha value is -2.15. The van der Waals surface area contributed by atoms with Gasteiger partial charge in [-0.25, -0.2) is 9.59 Å². The molecule has 32 heavy (non-hydrogen) atoms. The third-order valence-electron chi connectivity index (χ3n) is 8.59. The van der Waals surface area contributed by atoms with Crippen LogP contribution in [0.4, 0.5) is 0 Å². The van der Waals surface area contributed by atoms with E-state index in [4.69, 9.17) is 14.2 Å². The van der Waals surface area contributed by atoms with Crippen LogP contribution in [-0.2, 0) is 28.6 Å². The molecule has 7 rings (SSSR count). The van der Waals surface area contributed by atoms with E-state index in [0.29, 0.717) is 36.5 Å². The second kappa shape index (κ2) is 7.72. The Morgan fingerprint density at radius 1 is 1.00 bits per heavy atom. The third kappa shape index (κ3) is 3.78. The van der Waals surface area contributed by atoms with Gasteiger partial charge in [0.2, 0.25) is 0 Å². The van der Waals surface area contributed by atoms with Crippen LogP contribution < -0.4 is 0 Å². The molecule has 6 aliphatic carbocycles. The fourth-order valence-electron chi connectivity index (χ4n) is 8.06. The van der Waals surface area contributed by atoms with Gasteiger partial charge >= 0.3 is 17.9 Å². The lowest BCUT2D eigenvalue weighted by Gasteiger charge is -2.59. The minimum Gasteiger partial charge on any atom is -0.462 e. The van der Waals surface area contributed by atoms with E-state index in [9.17, 15) is 19.5 Å². The number of carbonyl (C=O) groups is 3. The first-order valence-corrected chi connectivity index (χ1v) is 11.8. The zero-order chi connectivity index (χ0) is 22.7. The van der Waals surface area contributed by atoms with Crippen LogP contribution in [0.1, 0.15) is 57.8 Å². The van der Waals surface area contributed by atoms with Crippen LogP contribution in [0.25, 0.3) is 0 Å². The molecular weight excluding hydrogens is 412 g/mol. The molecule has 7 aliphatic rings. The molecule has 1 N–H and O–H groups in total. The summed E-state index contributed by atoms with van der Waals surface area (Å²) in [5.74, 6) is 1.27. The highest BCUT2D eigenvalue weighted by Gasteiger charge is 2.60. The summed E-state index contributed by atoms with van der Waals surface area (Å²) >= 11 is 0. The standard InChI is InChI=1S/C13H18O3.C12H14O4/c1-2-11(14)16-13-6-9-3-10(7-13)5-12(15,4-9)8-13;1-2-10(13)15-9-4-6-3-7(9)8-5-11(14)16-12(6)8/h2,9-10,15H,1,3-8H2;2,6-9,12H,1,3-5H2. The van der Waals surface area contributed by atoms with Gasteiger partial charge in [0.25, 0.3) is 0 Å². The van der Waals surface area contributed by atoms with Crippen molar-refractivity contribution in [2.24, 2.45) is 29.6 Å². The lowest BCUT2D eigenvalue weighted by molar-refractivity contribution is -0.216. The Balaban J connectivity index is 0.000000135. The second-order valence-corrected chi connectivity index (χ2v) is 10.9. The number of fused-ring (bicyclic) bond motifs is 5. The van der Waals surface area contributed by atoms with Crippen molar-refractivity contribution in [3.05, 3.63) is 25.3 Å². The SMILES string of the molecule is C=CC(=O)OC12CC3CC(CC(O)(C3)C1)C2.C=CC(=O)OC1CC2CC1C1CC(=O)OC21. The fraction of sp³-hybridized carbons (Fsp3) is 0.720. The molecule has 7 fully saturated rings. The summed E-state index contributed by atoms with van der Waals surface area (Å²) in [5.41, 5.74) is -0.949. The van der Waals surface area contributed by atoms with E-state index in [1.165, 1.54) is 18.6 Å². The van der Waals surface area contributed by atoms with Crippen molar-refractivity contribution < 1.29 is 33.7 Å². The highest BCUT2D eigenvalue weighted by Crippen LogP contribution is 2.59. The van der Waals surface area contributed by atoms with Crippen molar-refractivity contribution >= 4 is 17.9 Å². The molecule has 0 aromatic carbocycles. The van der Waals surface area contributed by atoms with E-state index in [2.05, 4.69) is 13.2 Å². The predicted octanol–water partition coefficient (Wildman–Crippen LogP) is 2.86. The van der Waals surface area contributed by atoms with Gasteiger partial charge < -0.3 is 19.3 Å². The van der Waals surface area contributed by atoms with Gasteiger partial charge in [0.05, 0.1) is 12.0 Å². The number of ether oxygens (including phenoxy) is 3. The third-order valence-corrected chi connectivity index (χ3v) is 8.59. The molecule has 7 heteroatoms. The summed E-state index contributed by atoms with van der Waals surface area (Å²) in [6.07, 6.45) is 10.3. The Kier molecular flexibility index (Phi) is 5.23. The van der Waals surface area contributed by atoms with Crippen LogP contribution in [0.3, 0.4) is 0 Å². The molecule has 174 valence electrons. The van der Waals surface area contributed by atoms with Crippen molar-refractivity contribution in [1.29, 1.82) is 0 Å². The minimum absolute atomic E-state index is 0.0359. The quantitative estimate of drug-likeness (QED) is 0.404. The van der Waals surface area contributed by atoms with E-state index in [0.717, 1.165) is 38.5 Å². The maximum atomic E-state index is 11.4. The van der Waals surface area contributed by atoms with Crippen molar-refractivity contribution in [3.63, 3.8) is 0 Å². The van der Waals surface area contributed by atoms with Crippen LogP contribution in [0.15, 0.2) is 25.3 Å². The van der Waals surface area contributed by atoms with Gasteiger partial charge in [-0.1, -0.05) is 13.2 Å². The number of aliphatic hydroxyl groups is 1. The molecule has 6 bridgehead atoms. The summed E-state index contributed by atoms with van der Waals surface area (Å²) in [6, 6.07) is 0. The first-order valence-electron chi connectivity index (χ1n) is 11.8.